The fraction of sp³-hybridized carbons (Fsp3) is 0.333. The summed E-state index contributed by atoms with van der Waals surface area (Å²) in [6, 6.07) is 15.9. The zero-order valence-corrected chi connectivity index (χ0v) is 28.8. The molecule has 0 radical (unpaired) electrons. The number of benzene rings is 3. The Bertz CT molecular complexity index is 1920. The summed E-state index contributed by atoms with van der Waals surface area (Å²) in [5.74, 6) is -0.189. The first-order chi connectivity index (χ1) is 22.3. The van der Waals surface area contributed by atoms with E-state index in [0.717, 1.165) is 27.6 Å². The van der Waals surface area contributed by atoms with Gasteiger partial charge in [-0.05, 0) is 49.6 Å². The van der Waals surface area contributed by atoms with Crippen LogP contribution in [0.1, 0.15) is 29.5 Å². The van der Waals surface area contributed by atoms with E-state index in [-0.39, 0.29) is 35.0 Å². The number of alkyl halides is 2. The molecule has 2 aliphatic carbocycles. The summed E-state index contributed by atoms with van der Waals surface area (Å²) in [7, 11) is -1.59. The van der Waals surface area contributed by atoms with Crippen molar-refractivity contribution in [1.29, 1.82) is 0 Å². The fourth-order valence-electron chi connectivity index (χ4n) is 6.72. The van der Waals surface area contributed by atoms with Crippen molar-refractivity contribution in [3.63, 3.8) is 0 Å². The zero-order chi connectivity index (χ0) is 33.7. The number of aryl methyl sites for hydroxylation is 1. The molecule has 248 valence electrons. The van der Waals surface area contributed by atoms with Crippen LogP contribution in [0.3, 0.4) is 0 Å². The molecule has 2 aliphatic rings. The number of fused-ring (bicyclic) bond motifs is 1. The second kappa shape index (κ2) is 12.6. The van der Waals surface area contributed by atoms with Crippen molar-refractivity contribution < 1.29 is 22.3 Å². The lowest BCUT2D eigenvalue weighted by Crippen LogP contribution is -2.47. The average molecular weight is 721 g/mol. The van der Waals surface area contributed by atoms with Crippen molar-refractivity contribution in [3.8, 4) is 11.5 Å². The molecular formula is C33H33Cl3FN5O4S. The van der Waals surface area contributed by atoms with Gasteiger partial charge in [0.05, 0.1) is 31.5 Å². The minimum Gasteiger partial charge on any atom is -0.497 e. The number of sulfonamides is 1. The van der Waals surface area contributed by atoms with Gasteiger partial charge in [0.1, 0.15) is 38.7 Å². The summed E-state index contributed by atoms with van der Waals surface area (Å²) >= 11 is 20.4. The Labute approximate surface area is 288 Å². The third-order valence-electron chi connectivity index (χ3n) is 9.20. The van der Waals surface area contributed by atoms with Gasteiger partial charge >= 0.3 is 0 Å². The summed E-state index contributed by atoms with van der Waals surface area (Å²) < 4.78 is 54.9. The molecule has 1 heterocycles. The van der Waals surface area contributed by atoms with Crippen molar-refractivity contribution in [3.05, 3.63) is 101 Å². The summed E-state index contributed by atoms with van der Waals surface area (Å²) in [5, 5.41) is 3.24. The van der Waals surface area contributed by atoms with E-state index in [1.54, 1.807) is 18.2 Å². The molecule has 3 N–H and O–H groups in total. The quantitative estimate of drug-likeness (QED) is 0.175. The predicted octanol–water partition coefficient (Wildman–Crippen LogP) is 6.63. The van der Waals surface area contributed by atoms with E-state index in [9.17, 15) is 8.42 Å². The zero-order valence-electron chi connectivity index (χ0n) is 25.8. The molecule has 1 unspecified atom stereocenters. The lowest BCUT2D eigenvalue weighted by Gasteiger charge is -2.35. The number of aromatic nitrogens is 2. The van der Waals surface area contributed by atoms with E-state index in [1.165, 1.54) is 32.8 Å². The van der Waals surface area contributed by atoms with Crippen molar-refractivity contribution in [2.75, 3.05) is 23.8 Å². The molecule has 47 heavy (non-hydrogen) atoms. The van der Waals surface area contributed by atoms with Crippen LogP contribution in [0.2, 0.25) is 5.02 Å². The molecule has 4 aromatic rings. The highest BCUT2D eigenvalue weighted by molar-refractivity contribution is 7.92. The predicted molar refractivity (Wildman–Crippen MR) is 182 cm³/mol. The number of hydrogen-bond acceptors (Lipinski definition) is 8. The van der Waals surface area contributed by atoms with E-state index in [2.05, 4.69) is 21.4 Å². The van der Waals surface area contributed by atoms with Gasteiger partial charge in [0, 0.05) is 47.3 Å². The Morgan fingerprint density at radius 2 is 1.89 bits per heavy atom. The largest absolute Gasteiger partial charge is 0.497 e. The van der Waals surface area contributed by atoms with Gasteiger partial charge in [-0.1, -0.05) is 41.4 Å². The normalized spacial score (nSPS) is 23.0. The molecule has 6 rings (SSSR count). The second-order valence-electron chi connectivity index (χ2n) is 11.9. The maximum absolute atomic E-state index is 15.9. The van der Waals surface area contributed by atoms with Crippen LogP contribution in [0.15, 0.2) is 78.1 Å². The van der Waals surface area contributed by atoms with Crippen LogP contribution in [0.25, 0.3) is 0 Å². The van der Waals surface area contributed by atoms with Gasteiger partial charge in [0.15, 0.2) is 0 Å². The highest BCUT2D eigenvalue weighted by Gasteiger charge is 2.78. The average Bonchev–Trinajstić information content (AvgIpc) is 3.54. The minimum absolute atomic E-state index is 0.00355. The molecule has 0 aliphatic heterocycles. The van der Waals surface area contributed by atoms with Gasteiger partial charge in [-0.3, -0.25) is 0 Å². The summed E-state index contributed by atoms with van der Waals surface area (Å²) in [6.45, 7) is 1.78. The maximum atomic E-state index is 15.9. The summed E-state index contributed by atoms with van der Waals surface area (Å²) in [5.41, 5.74) is 9.02. The smallest absolute Gasteiger partial charge is 0.268 e. The Morgan fingerprint density at radius 3 is 2.57 bits per heavy atom. The van der Waals surface area contributed by atoms with Crippen LogP contribution in [0, 0.1) is 18.7 Å². The van der Waals surface area contributed by atoms with E-state index in [1.807, 2.05) is 25.1 Å². The third kappa shape index (κ3) is 5.86. The number of nitrogens with one attached hydrogen (secondary N) is 1. The maximum Gasteiger partial charge on any atom is 0.268 e. The number of methoxy groups -OCH3 is 2. The molecule has 1 aromatic heterocycles. The van der Waals surface area contributed by atoms with Crippen LogP contribution in [-0.2, 0) is 22.0 Å². The first-order valence-corrected chi connectivity index (χ1v) is 17.4. The summed E-state index contributed by atoms with van der Waals surface area (Å²) in [4.78, 5) is 7.39. The van der Waals surface area contributed by atoms with Gasteiger partial charge in [-0.25, -0.2) is 27.1 Å². The Hall–Kier alpha value is -3.35. The first kappa shape index (κ1) is 33.5. The standard InChI is InChI=1S/C33H33Cl3FN5O4S/c1-19-5-4-6-21(11-19)32-16-25(38)27(15-30(32)33(32,35)36)41-26-14-24(37)29(13-23(26)34)47(43,44)42(31-9-10-39-18-40-31)17-20-7-8-22(45-2)12-28(20)46-3/h4-14,18,25,27,30,41H,15-17,38H2,1-3H3/t25-,27-,30?,32+/m0/s1. The number of rotatable bonds is 10. The van der Waals surface area contributed by atoms with Crippen LogP contribution < -0.4 is 24.8 Å². The van der Waals surface area contributed by atoms with E-state index in [0.29, 0.717) is 29.9 Å². The lowest BCUT2D eigenvalue weighted by molar-refractivity contribution is 0.352. The topological polar surface area (TPSA) is 120 Å². The molecule has 0 bridgehead atoms. The van der Waals surface area contributed by atoms with Crippen LogP contribution >= 0.6 is 34.8 Å². The molecule has 3 aromatic carbocycles. The number of anilines is 2. The monoisotopic (exact) mass is 719 g/mol. The van der Waals surface area contributed by atoms with Gasteiger partial charge in [-0.15, -0.1) is 23.2 Å². The Morgan fingerprint density at radius 1 is 1.11 bits per heavy atom. The van der Waals surface area contributed by atoms with Crippen LogP contribution in [0.5, 0.6) is 11.5 Å². The van der Waals surface area contributed by atoms with Crippen LogP contribution in [-0.4, -0.2) is 49.0 Å². The number of halogens is 4. The number of ether oxygens (including phenoxy) is 2. The summed E-state index contributed by atoms with van der Waals surface area (Å²) in [6.07, 6.45) is 3.60. The molecule has 2 fully saturated rings. The molecule has 4 atom stereocenters. The van der Waals surface area contributed by atoms with Crippen molar-refractivity contribution in [2.24, 2.45) is 11.7 Å². The Kier molecular flexibility index (Phi) is 8.99. The van der Waals surface area contributed by atoms with Crippen molar-refractivity contribution in [1.82, 2.24) is 9.97 Å². The van der Waals surface area contributed by atoms with Gasteiger partial charge in [0.25, 0.3) is 10.0 Å². The molecular weight excluding hydrogens is 688 g/mol. The Balaban J connectivity index is 1.29. The first-order valence-electron chi connectivity index (χ1n) is 14.8. The van der Waals surface area contributed by atoms with Gasteiger partial charge < -0.3 is 20.5 Å². The number of hydrogen-bond donors (Lipinski definition) is 2. The second-order valence-corrected chi connectivity index (χ2v) is 15.5. The molecule has 14 heteroatoms. The number of nitrogens with zero attached hydrogens (tertiary/aromatic N) is 3. The molecule has 0 saturated heterocycles. The van der Waals surface area contributed by atoms with E-state index < -0.39 is 36.5 Å². The fourth-order valence-corrected chi connectivity index (χ4v) is 9.55. The lowest BCUT2D eigenvalue weighted by atomic mass is 9.77. The van der Waals surface area contributed by atoms with Gasteiger partial charge in [0.2, 0.25) is 0 Å². The highest BCUT2D eigenvalue weighted by atomic mass is 35.5. The molecule has 0 spiro atoms. The van der Waals surface area contributed by atoms with Gasteiger partial charge in [-0.2, -0.15) is 0 Å². The van der Waals surface area contributed by atoms with Crippen molar-refractivity contribution >= 4 is 56.3 Å². The minimum atomic E-state index is -4.56. The molecule has 0 amide bonds. The third-order valence-corrected chi connectivity index (χ3v) is 12.5. The van der Waals surface area contributed by atoms with E-state index >= 15 is 4.39 Å². The van der Waals surface area contributed by atoms with Crippen molar-refractivity contribution in [2.45, 2.75) is 53.0 Å². The molecule has 9 nitrogen and oxygen atoms in total. The molecule has 2 saturated carbocycles. The van der Waals surface area contributed by atoms with Crippen LogP contribution in [0.4, 0.5) is 15.9 Å². The number of nitrogens with two attached hydrogens (primary N) is 1. The SMILES string of the molecule is COc1ccc(CN(c2ccncn2)S(=O)(=O)c2cc(Cl)c(N[C@H]3CC4C(Cl)(Cl)[C@@]4(c4cccc(C)c4)C[C@@H]3N)cc2F)c(OC)c1. The van der Waals surface area contributed by atoms with E-state index in [4.69, 9.17) is 50.0 Å². The highest BCUT2D eigenvalue weighted by Crippen LogP contribution is 2.75.